The zero-order valence-electron chi connectivity index (χ0n) is 24.2. The first-order chi connectivity index (χ1) is 19.1. The van der Waals surface area contributed by atoms with Crippen LogP contribution in [0.25, 0.3) is 11.1 Å². The predicted octanol–water partition coefficient (Wildman–Crippen LogP) is 5.94. The molecule has 0 aromatic heterocycles. The molecule has 11 heteroatoms. The molecule has 0 spiro atoms. The van der Waals surface area contributed by atoms with Crippen molar-refractivity contribution >= 4 is 17.7 Å². The second-order valence-corrected chi connectivity index (χ2v) is 12.1. The fraction of sp³-hybridized carbons (Fsp3) is 0.533. The summed E-state index contributed by atoms with van der Waals surface area (Å²) in [5, 5.41) is 13.6. The van der Waals surface area contributed by atoms with Crippen LogP contribution >= 0.6 is 0 Å². The first-order valence-electron chi connectivity index (χ1n) is 13.8. The van der Waals surface area contributed by atoms with E-state index in [1.54, 1.807) is 27.7 Å². The number of hydrogen-bond donors (Lipinski definition) is 2. The van der Waals surface area contributed by atoms with Crippen LogP contribution in [0.15, 0.2) is 6.07 Å². The Balaban J connectivity index is 1.70. The Morgan fingerprint density at radius 2 is 1.76 bits per heavy atom. The zero-order chi connectivity index (χ0) is 30.0. The van der Waals surface area contributed by atoms with E-state index in [-0.39, 0.29) is 31.8 Å². The average molecular weight is 576 g/mol. The SMILES string of the molecule is Cc1c(-c2c(C)c3c(c(C)c2C(OC(C)(C)C)C(=O)O)CN(C(=O)N2CCC(F)(F)C2)C3)cc(F)c2c1NCCO2. The van der Waals surface area contributed by atoms with Gasteiger partial charge in [-0.05, 0) is 86.6 Å². The van der Waals surface area contributed by atoms with Gasteiger partial charge in [0.05, 0.1) is 17.8 Å². The third-order valence-corrected chi connectivity index (χ3v) is 8.10. The molecule has 3 heterocycles. The molecule has 0 aliphatic carbocycles. The van der Waals surface area contributed by atoms with Gasteiger partial charge in [0.15, 0.2) is 17.7 Å². The Morgan fingerprint density at radius 1 is 1.10 bits per heavy atom. The van der Waals surface area contributed by atoms with E-state index in [9.17, 15) is 23.5 Å². The van der Waals surface area contributed by atoms with Crippen molar-refractivity contribution in [3.05, 3.63) is 45.3 Å². The molecule has 222 valence electrons. The number of rotatable bonds is 4. The van der Waals surface area contributed by atoms with E-state index in [4.69, 9.17) is 9.47 Å². The second-order valence-electron chi connectivity index (χ2n) is 12.1. The van der Waals surface area contributed by atoms with Crippen molar-refractivity contribution in [2.75, 3.05) is 31.6 Å². The number of nitrogens with one attached hydrogen (secondary N) is 1. The maximum Gasteiger partial charge on any atom is 0.337 e. The number of urea groups is 1. The minimum absolute atomic E-state index is 0.0314. The van der Waals surface area contributed by atoms with Gasteiger partial charge in [0, 0.05) is 38.2 Å². The molecule has 2 aromatic carbocycles. The number of hydrogen-bond acceptors (Lipinski definition) is 5. The molecular formula is C30H36F3N3O5. The Labute approximate surface area is 237 Å². The standard InChI is InChI=1S/C30H36F3N3O5/c1-15-19-12-36(28(39)35-9-7-30(32,33)14-35)13-20(19)16(2)23(26(27(37)38)41-29(4,5)6)22(15)18-11-21(31)25-24(17(18)3)34-8-10-40-25/h11,26,34H,7-10,12-14H2,1-6H3,(H,37,38). The largest absolute Gasteiger partial charge is 0.486 e. The maximum absolute atomic E-state index is 15.4. The number of halogens is 3. The van der Waals surface area contributed by atoms with E-state index in [1.165, 1.54) is 11.0 Å². The van der Waals surface area contributed by atoms with Crippen molar-refractivity contribution in [1.29, 1.82) is 0 Å². The van der Waals surface area contributed by atoms with Gasteiger partial charge in [-0.15, -0.1) is 0 Å². The van der Waals surface area contributed by atoms with Gasteiger partial charge >= 0.3 is 12.0 Å². The van der Waals surface area contributed by atoms with Crippen molar-refractivity contribution in [3.8, 4) is 16.9 Å². The molecule has 0 saturated carbocycles. The molecule has 0 radical (unpaired) electrons. The molecule has 1 saturated heterocycles. The Morgan fingerprint density at radius 3 is 2.34 bits per heavy atom. The number of likely N-dealkylation sites (tertiary alicyclic amines) is 1. The lowest BCUT2D eigenvalue weighted by molar-refractivity contribution is -0.160. The third-order valence-electron chi connectivity index (χ3n) is 8.10. The molecule has 1 fully saturated rings. The summed E-state index contributed by atoms with van der Waals surface area (Å²) in [4.78, 5) is 28.7. The van der Waals surface area contributed by atoms with Crippen molar-refractivity contribution in [1.82, 2.24) is 9.80 Å². The van der Waals surface area contributed by atoms with Crippen molar-refractivity contribution in [2.24, 2.45) is 0 Å². The molecule has 2 aromatic rings. The Bertz CT molecular complexity index is 1440. The first-order valence-corrected chi connectivity index (χ1v) is 13.8. The van der Waals surface area contributed by atoms with Gasteiger partial charge < -0.3 is 29.7 Å². The highest BCUT2D eigenvalue weighted by atomic mass is 19.3. The predicted molar refractivity (Wildman–Crippen MR) is 147 cm³/mol. The smallest absolute Gasteiger partial charge is 0.337 e. The lowest BCUT2D eigenvalue weighted by Crippen LogP contribution is -2.40. The van der Waals surface area contributed by atoms with Crippen molar-refractivity contribution in [3.63, 3.8) is 0 Å². The number of aliphatic carboxylic acids is 1. The van der Waals surface area contributed by atoms with Gasteiger partial charge in [0.25, 0.3) is 5.92 Å². The molecule has 8 nitrogen and oxygen atoms in total. The van der Waals surface area contributed by atoms with Gasteiger partial charge in [0.2, 0.25) is 0 Å². The van der Waals surface area contributed by atoms with Crippen LogP contribution in [-0.4, -0.2) is 64.7 Å². The fourth-order valence-corrected chi connectivity index (χ4v) is 6.18. The summed E-state index contributed by atoms with van der Waals surface area (Å²) in [5.41, 5.74) is 4.60. The number of ether oxygens (including phenoxy) is 2. The van der Waals surface area contributed by atoms with Crippen LogP contribution in [-0.2, 0) is 22.6 Å². The monoisotopic (exact) mass is 575 g/mol. The molecular weight excluding hydrogens is 539 g/mol. The summed E-state index contributed by atoms with van der Waals surface area (Å²) < 4.78 is 54.9. The normalized spacial score (nSPS) is 18.5. The lowest BCUT2D eigenvalue weighted by Gasteiger charge is -2.31. The summed E-state index contributed by atoms with van der Waals surface area (Å²) in [6.45, 7) is 11.2. The van der Waals surface area contributed by atoms with Crippen LogP contribution in [0.1, 0.15) is 66.7 Å². The van der Waals surface area contributed by atoms with Crippen LogP contribution in [0.3, 0.4) is 0 Å². The number of benzene rings is 2. The van der Waals surface area contributed by atoms with Gasteiger partial charge in [-0.25, -0.2) is 22.8 Å². The number of carbonyl (C=O) groups excluding carboxylic acids is 1. The zero-order valence-corrected chi connectivity index (χ0v) is 24.2. The van der Waals surface area contributed by atoms with Gasteiger partial charge in [-0.1, -0.05) is 0 Å². The third kappa shape index (κ3) is 5.20. The molecule has 2 amide bonds. The second kappa shape index (κ2) is 10.1. The molecule has 1 atom stereocenters. The van der Waals surface area contributed by atoms with Crippen LogP contribution in [0.4, 0.5) is 23.7 Å². The number of fused-ring (bicyclic) bond motifs is 2. The number of alkyl halides is 2. The Kier molecular flexibility index (Phi) is 7.16. The molecule has 1 unspecified atom stereocenters. The maximum atomic E-state index is 15.4. The van der Waals surface area contributed by atoms with E-state index in [0.29, 0.717) is 52.2 Å². The van der Waals surface area contributed by atoms with E-state index in [2.05, 4.69) is 5.32 Å². The fourth-order valence-electron chi connectivity index (χ4n) is 6.18. The van der Waals surface area contributed by atoms with E-state index < -0.39 is 42.0 Å². The van der Waals surface area contributed by atoms with Gasteiger partial charge in [0.1, 0.15) is 6.61 Å². The highest BCUT2D eigenvalue weighted by molar-refractivity contribution is 5.88. The lowest BCUT2D eigenvalue weighted by atomic mass is 9.81. The summed E-state index contributed by atoms with van der Waals surface area (Å²) in [5.74, 6) is -4.58. The molecule has 2 N–H and O–H groups in total. The minimum Gasteiger partial charge on any atom is -0.486 e. The highest BCUT2D eigenvalue weighted by Gasteiger charge is 2.43. The minimum atomic E-state index is -2.92. The summed E-state index contributed by atoms with van der Waals surface area (Å²) in [7, 11) is 0. The molecule has 41 heavy (non-hydrogen) atoms. The van der Waals surface area contributed by atoms with Gasteiger partial charge in [-0.2, -0.15) is 0 Å². The van der Waals surface area contributed by atoms with Crippen LogP contribution in [0, 0.1) is 26.6 Å². The average Bonchev–Trinajstić information content (AvgIpc) is 3.50. The van der Waals surface area contributed by atoms with E-state index in [1.807, 2.05) is 13.8 Å². The summed E-state index contributed by atoms with van der Waals surface area (Å²) in [6.07, 6.45) is -1.77. The summed E-state index contributed by atoms with van der Waals surface area (Å²) in [6, 6.07) is 0.873. The molecule has 5 rings (SSSR count). The number of carboxylic acids is 1. The number of carbonyl (C=O) groups is 2. The quantitative estimate of drug-likeness (QED) is 0.469. The molecule has 3 aliphatic rings. The first kappa shape index (κ1) is 29.0. The number of carboxylic acid groups (broad SMARTS) is 1. The van der Waals surface area contributed by atoms with Crippen molar-refractivity contribution in [2.45, 2.75) is 78.7 Å². The van der Waals surface area contributed by atoms with Crippen LogP contribution in [0.5, 0.6) is 5.75 Å². The molecule has 0 bridgehead atoms. The number of anilines is 1. The number of nitrogens with zero attached hydrogens (tertiary/aromatic N) is 2. The van der Waals surface area contributed by atoms with E-state index in [0.717, 1.165) is 16.0 Å². The van der Waals surface area contributed by atoms with Gasteiger partial charge in [-0.3, -0.25) is 0 Å². The van der Waals surface area contributed by atoms with E-state index >= 15 is 4.39 Å². The van der Waals surface area contributed by atoms with Crippen LogP contribution < -0.4 is 10.1 Å². The highest BCUT2D eigenvalue weighted by Crippen LogP contribution is 2.48. The molecule has 3 aliphatic heterocycles. The summed E-state index contributed by atoms with van der Waals surface area (Å²) >= 11 is 0. The van der Waals surface area contributed by atoms with Crippen LogP contribution in [0.2, 0.25) is 0 Å². The van der Waals surface area contributed by atoms with Crippen molar-refractivity contribution < 1.29 is 37.3 Å². The number of amides is 2. The topological polar surface area (TPSA) is 91.3 Å². The Hall–Kier alpha value is -3.47.